The number of hydrogen-bond acceptors (Lipinski definition) is 4. The maximum Gasteiger partial charge on any atom is 0.262 e. The summed E-state index contributed by atoms with van der Waals surface area (Å²) >= 11 is 1.20. The third-order valence-corrected chi connectivity index (χ3v) is 4.94. The van der Waals surface area contributed by atoms with Gasteiger partial charge in [0.25, 0.3) is 5.91 Å². The van der Waals surface area contributed by atoms with Crippen LogP contribution in [0.15, 0.2) is 36.4 Å². The predicted molar refractivity (Wildman–Crippen MR) is 108 cm³/mol. The number of aryl methyl sites for hydroxylation is 1. The molecule has 0 saturated heterocycles. The molecule has 0 spiro atoms. The molecule has 0 radical (unpaired) electrons. The maximum absolute atomic E-state index is 12.3. The highest BCUT2D eigenvalue weighted by Gasteiger charge is 2.23. The minimum Gasteiger partial charge on any atom is -0.350 e. The van der Waals surface area contributed by atoms with Gasteiger partial charge in [-0.05, 0) is 24.1 Å². The molecule has 144 valence electrons. The normalized spacial score (nSPS) is 11.0. The Labute approximate surface area is 163 Å². The molecule has 0 aliphatic heterocycles. The van der Waals surface area contributed by atoms with Crippen LogP contribution in [0.1, 0.15) is 41.6 Å². The molecular weight excluding hydrogens is 362 g/mol. The Bertz CT molecular complexity index is 823. The summed E-state index contributed by atoms with van der Waals surface area (Å²) in [6.07, 6.45) is 0. The van der Waals surface area contributed by atoms with Gasteiger partial charge in [0.15, 0.2) is 0 Å². The van der Waals surface area contributed by atoms with E-state index >= 15 is 0 Å². The molecule has 0 aliphatic carbocycles. The summed E-state index contributed by atoms with van der Waals surface area (Å²) in [6.45, 7) is 7.58. The van der Waals surface area contributed by atoms with Crippen molar-refractivity contribution in [2.24, 2.45) is 5.41 Å². The first-order valence-corrected chi connectivity index (χ1v) is 9.49. The lowest BCUT2D eigenvalue weighted by Gasteiger charge is -2.16. The zero-order valence-corrected chi connectivity index (χ0v) is 16.8. The van der Waals surface area contributed by atoms with Gasteiger partial charge >= 0.3 is 0 Å². The zero-order valence-electron chi connectivity index (χ0n) is 16.0. The largest absolute Gasteiger partial charge is 0.350 e. The second-order valence-corrected chi connectivity index (χ2v) is 8.32. The molecule has 1 heterocycles. The topological polar surface area (TPSA) is 87.3 Å². The summed E-state index contributed by atoms with van der Waals surface area (Å²) in [5, 5.41) is 8.82. The van der Waals surface area contributed by atoms with Crippen LogP contribution in [0.5, 0.6) is 0 Å². The van der Waals surface area contributed by atoms with Gasteiger partial charge in [0.1, 0.15) is 0 Å². The van der Waals surface area contributed by atoms with Crippen molar-refractivity contribution in [1.82, 2.24) is 10.6 Å². The van der Waals surface area contributed by atoms with Gasteiger partial charge in [0, 0.05) is 12.0 Å². The van der Waals surface area contributed by atoms with Crippen molar-refractivity contribution < 1.29 is 14.4 Å². The molecule has 27 heavy (non-hydrogen) atoms. The number of rotatable bonds is 6. The third-order valence-electron chi connectivity index (χ3n) is 3.78. The smallest absolute Gasteiger partial charge is 0.262 e. The highest BCUT2D eigenvalue weighted by molar-refractivity contribution is 7.18. The third kappa shape index (κ3) is 6.21. The predicted octanol–water partition coefficient (Wildman–Crippen LogP) is 3.09. The molecule has 0 saturated carbocycles. The number of amides is 3. The van der Waals surface area contributed by atoms with Gasteiger partial charge in [-0.3, -0.25) is 14.4 Å². The van der Waals surface area contributed by atoms with Crippen LogP contribution in [0.25, 0.3) is 0 Å². The monoisotopic (exact) mass is 387 g/mol. The number of carbonyl (C=O) groups excluding carboxylic acids is 3. The van der Waals surface area contributed by atoms with Crippen LogP contribution >= 0.6 is 11.3 Å². The molecule has 3 N–H and O–H groups in total. The number of anilines is 1. The van der Waals surface area contributed by atoms with Crippen LogP contribution in [0.2, 0.25) is 0 Å². The number of thiophene rings is 1. The van der Waals surface area contributed by atoms with Gasteiger partial charge in [-0.1, -0.05) is 51.1 Å². The van der Waals surface area contributed by atoms with Crippen molar-refractivity contribution >= 4 is 34.1 Å². The molecular formula is C20H25N3O3S. The van der Waals surface area contributed by atoms with Crippen molar-refractivity contribution in [3.05, 3.63) is 52.4 Å². The number of benzene rings is 1. The van der Waals surface area contributed by atoms with E-state index in [0.717, 1.165) is 11.1 Å². The fourth-order valence-corrected chi connectivity index (χ4v) is 3.15. The molecule has 1 aromatic carbocycles. The lowest BCUT2D eigenvalue weighted by Crippen LogP contribution is -2.36. The Balaban J connectivity index is 1.86. The minimum atomic E-state index is -0.517. The van der Waals surface area contributed by atoms with E-state index in [1.54, 1.807) is 13.0 Å². The Kier molecular flexibility index (Phi) is 6.74. The standard InChI is InChI=1S/C20H25N3O3S/c1-13-10-16(23-19(26)20(2,3)4)27-17(13)18(25)22-12-15(24)21-11-14-8-6-5-7-9-14/h5-10H,11-12H2,1-4H3,(H,21,24)(H,22,25)(H,23,26). The molecule has 6 nitrogen and oxygen atoms in total. The Morgan fingerprint density at radius 3 is 2.33 bits per heavy atom. The number of nitrogens with one attached hydrogen (secondary N) is 3. The second kappa shape index (κ2) is 8.81. The van der Waals surface area contributed by atoms with Crippen LogP contribution < -0.4 is 16.0 Å². The van der Waals surface area contributed by atoms with Gasteiger partial charge in [-0.2, -0.15) is 0 Å². The van der Waals surface area contributed by atoms with Crippen molar-refractivity contribution in [3.63, 3.8) is 0 Å². The fraction of sp³-hybridized carbons (Fsp3) is 0.350. The zero-order chi connectivity index (χ0) is 20.0. The van der Waals surface area contributed by atoms with Gasteiger partial charge in [0.05, 0.1) is 16.4 Å². The van der Waals surface area contributed by atoms with Gasteiger partial charge in [-0.15, -0.1) is 11.3 Å². The van der Waals surface area contributed by atoms with Crippen molar-refractivity contribution in [2.75, 3.05) is 11.9 Å². The molecule has 0 aliphatic rings. The average Bonchev–Trinajstić information content (AvgIpc) is 2.98. The first-order valence-electron chi connectivity index (χ1n) is 8.67. The van der Waals surface area contributed by atoms with E-state index in [9.17, 15) is 14.4 Å². The quantitative estimate of drug-likeness (QED) is 0.712. The second-order valence-electron chi connectivity index (χ2n) is 7.27. The summed E-state index contributed by atoms with van der Waals surface area (Å²) < 4.78 is 0. The molecule has 7 heteroatoms. The van der Waals surface area contributed by atoms with Gasteiger partial charge < -0.3 is 16.0 Å². The first kappa shape index (κ1) is 20.6. The molecule has 0 bridgehead atoms. The average molecular weight is 388 g/mol. The van der Waals surface area contributed by atoms with Crippen molar-refractivity contribution in [1.29, 1.82) is 0 Å². The highest BCUT2D eigenvalue weighted by atomic mass is 32.1. The van der Waals surface area contributed by atoms with Crippen LogP contribution in [0.4, 0.5) is 5.00 Å². The Morgan fingerprint density at radius 1 is 1.04 bits per heavy atom. The summed E-state index contributed by atoms with van der Waals surface area (Å²) in [5.41, 5.74) is 1.23. The summed E-state index contributed by atoms with van der Waals surface area (Å²) in [4.78, 5) is 36.8. The molecule has 3 amide bonds. The number of hydrogen-bond donors (Lipinski definition) is 3. The Hall–Kier alpha value is -2.67. The molecule has 2 aromatic rings. The number of carbonyl (C=O) groups is 3. The van der Waals surface area contributed by atoms with E-state index in [0.29, 0.717) is 16.4 Å². The maximum atomic E-state index is 12.3. The summed E-state index contributed by atoms with van der Waals surface area (Å²) in [5.74, 6) is -0.706. The molecule has 0 unspecified atom stereocenters. The molecule has 0 fully saturated rings. The highest BCUT2D eigenvalue weighted by Crippen LogP contribution is 2.28. The van der Waals surface area contributed by atoms with Crippen LogP contribution in [0, 0.1) is 12.3 Å². The van der Waals surface area contributed by atoms with Crippen molar-refractivity contribution in [2.45, 2.75) is 34.2 Å². The van der Waals surface area contributed by atoms with Crippen LogP contribution in [0.3, 0.4) is 0 Å². The van der Waals surface area contributed by atoms with E-state index in [4.69, 9.17) is 0 Å². The molecule has 0 atom stereocenters. The van der Waals surface area contributed by atoms with E-state index in [1.165, 1.54) is 11.3 Å². The SMILES string of the molecule is Cc1cc(NC(=O)C(C)(C)C)sc1C(=O)NCC(=O)NCc1ccccc1. The lowest BCUT2D eigenvalue weighted by atomic mass is 9.96. The van der Waals surface area contributed by atoms with Gasteiger partial charge in [0.2, 0.25) is 11.8 Å². The lowest BCUT2D eigenvalue weighted by molar-refractivity contribution is -0.123. The van der Waals surface area contributed by atoms with Gasteiger partial charge in [-0.25, -0.2) is 0 Å². The van der Waals surface area contributed by atoms with E-state index in [1.807, 2.05) is 51.1 Å². The minimum absolute atomic E-state index is 0.104. The van der Waals surface area contributed by atoms with Crippen LogP contribution in [-0.2, 0) is 16.1 Å². The molecule has 2 rings (SSSR count). The summed E-state index contributed by atoms with van der Waals surface area (Å²) in [6, 6.07) is 11.3. The van der Waals surface area contributed by atoms with E-state index in [-0.39, 0.29) is 24.3 Å². The van der Waals surface area contributed by atoms with Crippen LogP contribution in [-0.4, -0.2) is 24.3 Å². The fourth-order valence-electron chi connectivity index (χ4n) is 2.17. The van der Waals surface area contributed by atoms with E-state index in [2.05, 4.69) is 16.0 Å². The Morgan fingerprint density at radius 2 is 1.70 bits per heavy atom. The molecule has 1 aromatic heterocycles. The van der Waals surface area contributed by atoms with E-state index < -0.39 is 5.41 Å². The first-order chi connectivity index (χ1) is 12.7. The van der Waals surface area contributed by atoms with Crippen molar-refractivity contribution in [3.8, 4) is 0 Å². The summed E-state index contributed by atoms with van der Waals surface area (Å²) in [7, 11) is 0.